The van der Waals surface area contributed by atoms with E-state index in [1.165, 1.54) is 6.21 Å². The van der Waals surface area contributed by atoms with Crippen LogP contribution in [0.25, 0.3) is 0 Å². The van der Waals surface area contributed by atoms with Crippen LogP contribution in [0.15, 0.2) is 88.4 Å². The van der Waals surface area contributed by atoms with Gasteiger partial charge in [0.15, 0.2) is 6.10 Å². The standard InChI is InChI=1S/C22H19BrN2O3/c23-19-10-6-17(7-11-19)15-28-20-12-8-16(9-13-20)14-24-25-22(27)21(26)18-4-2-1-3-5-18/h1-14,21,26H,15H2,(H,25,27)/b24-14-/t21-/m1/s1. The van der Waals surface area contributed by atoms with E-state index >= 15 is 0 Å². The molecule has 0 unspecified atom stereocenters. The molecule has 2 N–H and O–H groups in total. The van der Waals surface area contributed by atoms with Gasteiger partial charge < -0.3 is 9.84 Å². The van der Waals surface area contributed by atoms with Gasteiger partial charge in [-0.1, -0.05) is 58.4 Å². The Morgan fingerprint density at radius 3 is 2.39 bits per heavy atom. The zero-order chi connectivity index (χ0) is 19.8. The van der Waals surface area contributed by atoms with Crippen LogP contribution in [-0.4, -0.2) is 17.2 Å². The smallest absolute Gasteiger partial charge is 0.273 e. The molecule has 0 bridgehead atoms. The van der Waals surface area contributed by atoms with Gasteiger partial charge in [-0.05, 0) is 53.1 Å². The third kappa shape index (κ3) is 5.77. The molecule has 0 spiro atoms. The van der Waals surface area contributed by atoms with E-state index in [2.05, 4.69) is 26.5 Å². The molecular weight excluding hydrogens is 420 g/mol. The highest BCUT2D eigenvalue weighted by atomic mass is 79.9. The van der Waals surface area contributed by atoms with Crippen molar-refractivity contribution in [3.05, 3.63) is 100 Å². The molecule has 0 aromatic heterocycles. The minimum atomic E-state index is -1.26. The van der Waals surface area contributed by atoms with Gasteiger partial charge in [0.2, 0.25) is 0 Å². The molecule has 5 nitrogen and oxygen atoms in total. The summed E-state index contributed by atoms with van der Waals surface area (Å²) >= 11 is 3.41. The van der Waals surface area contributed by atoms with Crippen molar-refractivity contribution in [3.63, 3.8) is 0 Å². The lowest BCUT2D eigenvalue weighted by atomic mass is 10.1. The maximum Gasteiger partial charge on any atom is 0.273 e. The van der Waals surface area contributed by atoms with Gasteiger partial charge in [-0.3, -0.25) is 4.79 Å². The summed E-state index contributed by atoms with van der Waals surface area (Å²) in [5.74, 6) is 0.153. The maximum atomic E-state index is 11.9. The third-order valence-corrected chi connectivity index (χ3v) is 4.48. The molecule has 1 atom stereocenters. The molecule has 28 heavy (non-hydrogen) atoms. The summed E-state index contributed by atoms with van der Waals surface area (Å²) in [4.78, 5) is 11.9. The first-order valence-electron chi connectivity index (χ1n) is 8.65. The Morgan fingerprint density at radius 2 is 1.71 bits per heavy atom. The summed E-state index contributed by atoms with van der Waals surface area (Å²) < 4.78 is 6.78. The number of rotatable bonds is 7. The van der Waals surface area contributed by atoms with Crippen molar-refractivity contribution in [1.82, 2.24) is 5.43 Å². The van der Waals surface area contributed by atoms with Gasteiger partial charge in [-0.2, -0.15) is 5.10 Å². The Kier molecular flexibility index (Phi) is 6.94. The van der Waals surface area contributed by atoms with Gasteiger partial charge in [0.05, 0.1) is 6.21 Å². The Labute approximate surface area is 171 Å². The molecule has 3 aromatic rings. The maximum absolute atomic E-state index is 11.9. The van der Waals surface area contributed by atoms with E-state index in [0.29, 0.717) is 12.2 Å². The van der Waals surface area contributed by atoms with Gasteiger partial charge >= 0.3 is 0 Å². The highest BCUT2D eigenvalue weighted by molar-refractivity contribution is 9.10. The molecule has 0 fully saturated rings. The first-order valence-corrected chi connectivity index (χ1v) is 9.44. The van der Waals surface area contributed by atoms with Crippen LogP contribution in [0.4, 0.5) is 0 Å². The molecule has 0 aliphatic rings. The highest BCUT2D eigenvalue weighted by Gasteiger charge is 2.15. The Balaban J connectivity index is 1.49. The number of aliphatic hydroxyl groups excluding tert-OH is 1. The Bertz CT molecular complexity index is 926. The molecule has 3 rings (SSSR count). The summed E-state index contributed by atoms with van der Waals surface area (Å²) in [6.45, 7) is 0.480. The third-order valence-electron chi connectivity index (χ3n) is 3.95. The molecule has 142 valence electrons. The summed E-state index contributed by atoms with van der Waals surface area (Å²) in [5, 5.41) is 13.9. The van der Waals surface area contributed by atoms with E-state index in [-0.39, 0.29) is 0 Å². The van der Waals surface area contributed by atoms with Crippen LogP contribution in [0, 0.1) is 0 Å². The van der Waals surface area contributed by atoms with Crippen LogP contribution in [0.2, 0.25) is 0 Å². The van der Waals surface area contributed by atoms with E-state index in [1.54, 1.807) is 24.3 Å². The minimum Gasteiger partial charge on any atom is -0.489 e. The van der Waals surface area contributed by atoms with Gasteiger partial charge in [0, 0.05) is 4.47 Å². The van der Waals surface area contributed by atoms with Crippen molar-refractivity contribution in [2.24, 2.45) is 5.10 Å². The Morgan fingerprint density at radius 1 is 1.04 bits per heavy atom. The number of hydrazone groups is 1. The average Bonchev–Trinajstić information content (AvgIpc) is 2.74. The first-order chi connectivity index (χ1) is 13.6. The molecule has 3 aromatic carbocycles. The number of ether oxygens (including phenoxy) is 1. The number of halogens is 1. The fraction of sp³-hybridized carbons (Fsp3) is 0.0909. The molecule has 0 aliphatic heterocycles. The summed E-state index contributed by atoms with van der Waals surface area (Å²) in [7, 11) is 0. The van der Waals surface area contributed by atoms with Crippen molar-refractivity contribution in [2.75, 3.05) is 0 Å². The van der Waals surface area contributed by atoms with Crippen LogP contribution < -0.4 is 10.2 Å². The molecule has 0 saturated carbocycles. The van der Waals surface area contributed by atoms with E-state index in [1.807, 2.05) is 54.6 Å². The Hall–Kier alpha value is -2.96. The van der Waals surface area contributed by atoms with Crippen LogP contribution in [0.1, 0.15) is 22.8 Å². The number of aliphatic hydroxyl groups is 1. The van der Waals surface area contributed by atoms with Crippen molar-refractivity contribution in [2.45, 2.75) is 12.7 Å². The lowest BCUT2D eigenvalue weighted by Gasteiger charge is -2.08. The van der Waals surface area contributed by atoms with Crippen LogP contribution in [0.3, 0.4) is 0 Å². The normalized spacial score (nSPS) is 11.9. The van der Waals surface area contributed by atoms with Crippen molar-refractivity contribution < 1.29 is 14.6 Å². The number of nitrogens with one attached hydrogen (secondary N) is 1. The van der Waals surface area contributed by atoms with E-state index < -0.39 is 12.0 Å². The number of benzene rings is 3. The summed E-state index contributed by atoms with van der Waals surface area (Å²) in [6.07, 6.45) is 0.251. The fourth-order valence-electron chi connectivity index (χ4n) is 2.42. The molecule has 0 radical (unpaired) electrons. The van der Waals surface area contributed by atoms with Crippen molar-refractivity contribution in [1.29, 1.82) is 0 Å². The number of carbonyl (C=O) groups is 1. The second kappa shape index (κ2) is 9.82. The molecule has 0 heterocycles. The van der Waals surface area contributed by atoms with E-state index in [9.17, 15) is 9.90 Å². The lowest BCUT2D eigenvalue weighted by molar-refractivity contribution is -0.129. The minimum absolute atomic E-state index is 0.480. The zero-order valence-electron chi connectivity index (χ0n) is 15.0. The quantitative estimate of drug-likeness (QED) is 0.428. The molecule has 6 heteroatoms. The topological polar surface area (TPSA) is 70.9 Å². The second-order valence-electron chi connectivity index (χ2n) is 6.03. The van der Waals surface area contributed by atoms with Crippen LogP contribution in [-0.2, 0) is 11.4 Å². The predicted octanol–water partition coefficient (Wildman–Crippen LogP) is 4.21. The van der Waals surface area contributed by atoms with Gasteiger partial charge in [-0.25, -0.2) is 5.43 Å². The van der Waals surface area contributed by atoms with Gasteiger partial charge in [-0.15, -0.1) is 0 Å². The molecule has 0 saturated heterocycles. The molecule has 1 amide bonds. The van der Waals surface area contributed by atoms with Crippen LogP contribution in [0.5, 0.6) is 5.75 Å². The van der Waals surface area contributed by atoms with Crippen LogP contribution >= 0.6 is 15.9 Å². The summed E-state index contributed by atoms with van der Waals surface area (Å²) in [6, 6.07) is 24.0. The van der Waals surface area contributed by atoms with Crippen molar-refractivity contribution in [3.8, 4) is 5.75 Å². The highest BCUT2D eigenvalue weighted by Crippen LogP contribution is 2.16. The SMILES string of the molecule is O=C(N/N=C\c1ccc(OCc2ccc(Br)cc2)cc1)[C@H](O)c1ccccc1. The number of amides is 1. The average molecular weight is 439 g/mol. The second-order valence-corrected chi connectivity index (χ2v) is 6.95. The van der Waals surface area contributed by atoms with Gasteiger partial charge in [0.1, 0.15) is 12.4 Å². The fourth-order valence-corrected chi connectivity index (χ4v) is 2.68. The number of carbonyl (C=O) groups excluding carboxylic acids is 1. The van der Waals surface area contributed by atoms with E-state index in [0.717, 1.165) is 21.3 Å². The predicted molar refractivity (Wildman–Crippen MR) is 112 cm³/mol. The molecule has 0 aliphatic carbocycles. The first kappa shape index (κ1) is 19.8. The lowest BCUT2D eigenvalue weighted by Crippen LogP contribution is -2.25. The van der Waals surface area contributed by atoms with Gasteiger partial charge in [0.25, 0.3) is 5.91 Å². The zero-order valence-corrected chi connectivity index (χ0v) is 16.5. The summed E-state index contributed by atoms with van der Waals surface area (Å²) in [5.41, 5.74) is 4.73. The number of hydrogen-bond donors (Lipinski definition) is 2. The number of nitrogens with zero attached hydrogens (tertiary/aromatic N) is 1. The molecular formula is C22H19BrN2O3. The monoisotopic (exact) mass is 438 g/mol. The van der Waals surface area contributed by atoms with E-state index in [4.69, 9.17) is 4.74 Å². The van der Waals surface area contributed by atoms with Crippen molar-refractivity contribution >= 4 is 28.1 Å². The number of hydrogen-bond acceptors (Lipinski definition) is 4. The largest absolute Gasteiger partial charge is 0.489 e.